The van der Waals surface area contributed by atoms with Gasteiger partial charge in [0, 0.05) is 81.2 Å². The van der Waals surface area contributed by atoms with Gasteiger partial charge in [-0.3, -0.25) is 28.9 Å². The largest absolute Gasteiger partial charge is 0.493 e. The van der Waals surface area contributed by atoms with E-state index in [2.05, 4.69) is 21.8 Å². The minimum atomic E-state index is -0.619. The number of aromatic amines is 1. The molecule has 282 valence electrons. The molecule has 5 heterocycles. The first-order valence-electron chi connectivity index (χ1n) is 18.7. The summed E-state index contributed by atoms with van der Waals surface area (Å²) in [6.07, 6.45) is 12.3. The van der Waals surface area contributed by atoms with Crippen LogP contribution in [-0.2, 0) is 6.54 Å². The highest BCUT2D eigenvalue weighted by atomic mass is 35.5. The predicted octanol–water partition coefficient (Wildman–Crippen LogP) is 5.76. The van der Waals surface area contributed by atoms with Crippen LogP contribution in [0.3, 0.4) is 0 Å². The van der Waals surface area contributed by atoms with Gasteiger partial charge >= 0.3 is 5.69 Å². The molecule has 54 heavy (non-hydrogen) atoms. The maximum absolute atomic E-state index is 13.5. The van der Waals surface area contributed by atoms with Crippen molar-refractivity contribution in [1.29, 1.82) is 0 Å². The lowest BCUT2D eigenvalue weighted by Gasteiger charge is -2.37. The molecule has 2 saturated heterocycles. The number of unbranched alkanes of at least 4 members (excludes halogenated alkanes) is 1. The van der Waals surface area contributed by atoms with Crippen LogP contribution in [0.1, 0.15) is 55.8 Å². The number of halogens is 1. The quantitative estimate of drug-likeness (QED) is 0.180. The van der Waals surface area contributed by atoms with Crippen LogP contribution in [0.2, 0.25) is 5.02 Å². The van der Waals surface area contributed by atoms with Crippen LogP contribution in [0.5, 0.6) is 11.5 Å². The van der Waals surface area contributed by atoms with Crippen molar-refractivity contribution in [2.45, 2.75) is 58.1 Å². The van der Waals surface area contributed by atoms with E-state index in [1.165, 1.54) is 16.8 Å². The molecule has 7 rings (SSSR count). The number of hydrogen-bond acceptors (Lipinski definition) is 8. The zero-order valence-corrected chi connectivity index (χ0v) is 31.4. The molecule has 12 nitrogen and oxygen atoms in total. The summed E-state index contributed by atoms with van der Waals surface area (Å²) in [6.45, 7) is 6.92. The van der Waals surface area contributed by atoms with Crippen molar-refractivity contribution >= 4 is 28.3 Å². The van der Waals surface area contributed by atoms with Crippen LogP contribution in [0.15, 0.2) is 87.7 Å². The van der Waals surface area contributed by atoms with Gasteiger partial charge in [-0.05, 0) is 85.4 Å². The molecule has 0 radical (unpaired) electrons. The third kappa shape index (κ3) is 8.00. The molecule has 5 aromatic rings. The van der Waals surface area contributed by atoms with Gasteiger partial charge in [-0.25, -0.2) is 4.79 Å². The Labute approximate surface area is 317 Å². The molecule has 2 aliphatic heterocycles. The van der Waals surface area contributed by atoms with Gasteiger partial charge in [0.15, 0.2) is 11.5 Å². The molecule has 2 aromatic carbocycles. The molecule has 0 aliphatic carbocycles. The number of rotatable bonds is 11. The van der Waals surface area contributed by atoms with Crippen molar-refractivity contribution in [2.24, 2.45) is 5.92 Å². The van der Waals surface area contributed by atoms with E-state index in [0.717, 1.165) is 74.7 Å². The van der Waals surface area contributed by atoms with Gasteiger partial charge in [0.25, 0.3) is 17.0 Å². The van der Waals surface area contributed by atoms with E-state index in [4.69, 9.17) is 21.1 Å². The first-order valence-corrected chi connectivity index (χ1v) is 19.1. The number of nitrogens with zero attached hydrogens (tertiary/aromatic N) is 5. The van der Waals surface area contributed by atoms with E-state index >= 15 is 0 Å². The van der Waals surface area contributed by atoms with Gasteiger partial charge < -0.3 is 23.8 Å². The number of H-pyrrole nitrogens is 1. The SMILES string of the molecule is CCCCn1cc(-c2ccc(OC3CCN(CC4CCN(C(=O)c5ccc(Cl)c(-n6ccc(=O)[nH]c6=O)c5)CC4)CC3)c(OC)c2)c2ccncc2c1=O. The lowest BCUT2D eigenvalue weighted by molar-refractivity contribution is 0.0603. The molecular formula is C41H45ClN6O6. The lowest BCUT2D eigenvalue weighted by Crippen LogP contribution is -2.44. The van der Waals surface area contributed by atoms with E-state index in [9.17, 15) is 19.2 Å². The Bertz CT molecular complexity index is 2320. The Hall–Kier alpha value is -5.20. The van der Waals surface area contributed by atoms with Crippen molar-refractivity contribution in [3.8, 4) is 28.3 Å². The fourth-order valence-electron chi connectivity index (χ4n) is 7.59. The number of carbonyl (C=O) groups excluding carboxylic acids is 1. The number of pyridine rings is 2. The number of fused-ring (bicyclic) bond motifs is 1. The van der Waals surface area contributed by atoms with E-state index in [0.29, 0.717) is 58.7 Å². The summed E-state index contributed by atoms with van der Waals surface area (Å²) in [5, 5.41) is 1.77. The second kappa shape index (κ2) is 16.4. The van der Waals surface area contributed by atoms with Crippen molar-refractivity contribution in [3.05, 3.63) is 115 Å². The molecule has 2 aliphatic rings. The number of hydrogen-bond donors (Lipinski definition) is 1. The predicted molar refractivity (Wildman–Crippen MR) is 209 cm³/mol. The Balaban J connectivity index is 0.931. The molecule has 3 aromatic heterocycles. The fourth-order valence-corrected chi connectivity index (χ4v) is 7.80. The van der Waals surface area contributed by atoms with Crippen LogP contribution in [-0.4, -0.2) is 80.7 Å². The second-order valence-corrected chi connectivity index (χ2v) is 14.6. The number of aryl methyl sites for hydroxylation is 1. The third-order valence-electron chi connectivity index (χ3n) is 10.6. The maximum Gasteiger partial charge on any atom is 0.332 e. The van der Waals surface area contributed by atoms with Gasteiger partial charge in [-0.2, -0.15) is 0 Å². The molecule has 0 bridgehead atoms. The first-order chi connectivity index (χ1) is 26.2. The summed E-state index contributed by atoms with van der Waals surface area (Å²) in [4.78, 5) is 61.3. The second-order valence-electron chi connectivity index (χ2n) is 14.2. The number of amides is 1. The number of piperidine rings is 2. The van der Waals surface area contributed by atoms with E-state index in [1.54, 1.807) is 42.3 Å². The maximum atomic E-state index is 13.5. The highest BCUT2D eigenvalue weighted by molar-refractivity contribution is 6.32. The number of likely N-dealkylation sites (tertiary alicyclic amines) is 2. The minimum Gasteiger partial charge on any atom is -0.493 e. The third-order valence-corrected chi connectivity index (χ3v) is 11.0. The van der Waals surface area contributed by atoms with Crippen LogP contribution in [0.4, 0.5) is 0 Å². The molecule has 2 fully saturated rings. The highest BCUT2D eigenvalue weighted by Gasteiger charge is 2.28. The van der Waals surface area contributed by atoms with Crippen molar-refractivity contribution in [2.75, 3.05) is 39.8 Å². The average Bonchev–Trinajstić information content (AvgIpc) is 3.19. The summed E-state index contributed by atoms with van der Waals surface area (Å²) in [5.41, 5.74) is 1.54. The average molecular weight is 753 g/mol. The summed E-state index contributed by atoms with van der Waals surface area (Å²) in [6, 6.07) is 14.0. The Morgan fingerprint density at radius 2 is 1.74 bits per heavy atom. The van der Waals surface area contributed by atoms with Crippen LogP contribution in [0, 0.1) is 5.92 Å². The summed E-state index contributed by atoms with van der Waals surface area (Å²) >= 11 is 6.37. The van der Waals surface area contributed by atoms with Gasteiger partial charge in [-0.15, -0.1) is 0 Å². The van der Waals surface area contributed by atoms with E-state index < -0.39 is 11.2 Å². The van der Waals surface area contributed by atoms with E-state index in [1.807, 2.05) is 35.4 Å². The normalized spacial score (nSPS) is 15.8. The summed E-state index contributed by atoms with van der Waals surface area (Å²) in [7, 11) is 1.65. The molecule has 1 N–H and O–H groups in total. The van der Waals surface area contributed by atoms with Crippen molar-refractivity contribution in [3.63, 3.8) is 0 Å². The molecule has 0 unspecified atom stereocenters. The molecule has 0 spiro atoms. The number of ether oxygens (including phenoxy) is 2. The van der Waals surface area contributed by atoms with Crippen molar-refractivity contribution < 1.29 is 14.3 Å². The van der Waals surface area contributed by atoms with Gasteiger partial charge in [0.2, 0.25) is 0 Å². The smallest absolute Gasteiger partial charge is 0.332 e. The first kappa shape index (κ1) is 37.1. The molecule has 0 atom stereocenters. The van der Waals surface area contributed by atoms with Crippen molar-refractivity contribution in [1.82, 2.24) is 28.9 Å². The highest BCUT2D eigenvalue weighted by Crippen LogP contribution is 2.36. The standard InChI is InChI=1S/C41H45ClN6O6/c1-3-4-16-47-26-33(31-9-15-43-24-32(31)40(47)51)28-6-8-36(37(23-28)53-2)54-30-12-17-45(18-13-30)25-27-10-19-46(20-11-27)39(50)29-5-7-34(42)35(22-29)48-21-14-38(49)44-41(48)52/h5-9,14-15,21-24,26-27,30H,3-4,10-13,16-20,25H2,1-2H3,(H,44,49,52). The number of nitrogens with one attached hydrogen (secondary N) is 1. The zero-order valence-electron chi connectivity index (χ0n) is 30.6. The van der Waals surface area contributed by atoms with Crippen LogP contribution >= 0.6 is 11.6 Å². The Morgan fingerprint density at radius 3 is 2.48 bits per heavy atom. The topological polar surface area (TPSA) is 132 Å². The Morgan fingerprint density at radius 1 is 0.944 bits per heavy atom. The minimum absolute atomic E-state index is 0.0245. The summed E-state index contributed by atoms with van der Waals surface area (Å²) in [5.74, 6) is 1.75. The molecular weight excluding hydrogens is 708 g/mol. The van der Waals surface area contributed by atoms with Gasteiger partial charge in [0.1, 0.15) is 6.10 Å². The van der Waals surface area contributed by atoms with Crippen LogP contribution < -0.4 is 26.3 Å². The fraction of sp³-hybridized carbons (Fsp3) is 0.390. The molecule has 1 amide bonds. The van der Waals surface area contributed by atoms with Gasteiger partial charge in [-0.1, -0.05) is 31.0 Å². The number of carbonyl (C=O) groups is 1. The molecule has 13 heteroatoms. The lowest BCUT2D eigenvalue weighted by atomic mass is 9.94. The zero-order chi connectivity index (χ0) is 37.8. The molecule has 0 saturated carbocycles. The Kier molecular flexibility index (Phi) is 11.3. The van der Waals surface area contributed by atoms with E-state index in [-0.39, 0.29) is 17.6 Å². The monoisotopic (exact) mass is 752 g/mol. The number of aromatic nitrogens is 4. The summed E-state index contributed by atoms with van der Waals surface area (Å²) < 4.78 is 15.4. The number of benzene rings is 2. The van der Waals surface area contributed by atoms with Gasteiger partial charge in [0.05, 0.1) is 23.2 Å². The number of methoxy groups -OCH3 is 1. The van der Waals surface area contributed by atoms with Crippen LogP contribution in [0.25, 0.3) is 27.6 Å².